The molecule has 2 N–H and O–H groups in total. The molecular formula is C10H10N2O. The van der Waals surface area contributed by atoms with E-state index in [0.29, 0.717) is 0 Å². The molecule has 0 aliphatic rings. The zero-order valence-electron chi connectivity index (χ0n) is 7.01. The van der Waals surface area contributed by atoms with Gasteiger partial charge in [0.15, 0.2) is 0 Å². The minimum absolute atomic E-state index is 0.253. The predicted octanol–water partition coefficient (Wildman–Crippen LogP) is 2.07. The van der Waals surface area contributed by atoms with Crippen LogP contribution >= 0.6 is 0 Å². The Kier molecular flexibility index (Phi) is 1.92. The van der Waals surface area contributed by atoms with Gasteiger partial charge in [0, 0.05) is 6.20 Å². The van der Waals surface area contributed by atoms with Crippen molar-refractivity contribution in [3.05, 3.63) is 48.8 Å². The Labute approximate surface area is 76.2 Å². The number of rotatable bonds is 2. The Morgan fingerprint density at radius 1 is 1.08 bits per heavy atom. The van der Waals surface area contributed by atoms with Crippen molar-refractivity contribution in [2.24, 2.45) is 0 Å². The third kappa shape index (κ3) is 1.82. The van der Waals surface area contributed by atoms with Crippen LogP contribution in [0.1, 0.15) is 0 Å². The second-order valence-electron chi connectivity index (χ2n) is 2.75. The van der Waals surface area contributed by atoms with Crippen molar-refractivity contribution < 1.29 is 5.11 Å². The first-order chi connectivity index (χ1) is 6.34. The topological polar surface area (TPSA) is 37.2 Å². The van der Waals surface area contributed by atoms with Gasteiger partial charge in [0.25, 0.3) is 0 Å². The summed E-state index contributed by atoms with van der Waals surface area (Å²) in [6.07, 6.45) is 3.36. The Hall–Kier alpha value is -1.90. The lowest BCUT2D eigenvalue weighted by Crippen LogP contribution is -2.04. The molecule has 1 aromatic carbocycles. The smallest absolute Gasteiger partial charge is 0.135 e. The van der Waals surface area contributed by atoms with Gasteiger partial charge in [0.05, 0.1) is 11.9 Å². The molecular weight excluding hydrogens is 164 g/mol. The summed E-state index contributed by atoms with van der Waals surface area (Å²) in [5, 5.41) is 9.07. The molecule has 1 aromatic heterocycles. The molecule has 3 heteroatoms. The average molecular weight is 174 g/mol. The molecule has 0 fully saturated rings. The molecule has 0 atom stereocenters. The first kappa shape index (κ1) is 7.73. The number of para-hydroxylation sites is 1. The van der Waals surface area contributed by atoms with Crippen molar-refractivity contribution in [3.63, 3.8) is 0 Å². The monoisotopic (exact) mass is 174 g/mol. The summed E-state index contributed by atoms with van der Waals surface area (Å²) >= 11 is 0. The summed E-state index contributed by atoms with van der Waals surface area (Å²) in [6.45, 7) is 0. The van der Waals surface area contributed by atoms with Crippen molar-refractivity contribution >= 4 is 5.69 Å². The highest BCUT2D eigenvalue weighted by molar-refractivity contribution is 5.42. The van der Waals surface area contributed by atoms with E-state index in [1.165, 1.54) is 0 Å². The summed E-state index contributed by atoms with van der Waals surface area (Å²) in [7, 11) is 0. The van der Waals surface area contributed by atoms with Gasteiger partial charge in [0.2, 0.25) is 0 Å². The minimum Gasteiger partial charge on any atom is -0.506 e. The lowest BCUT2D eigenvalue weighted by atomic mass is 10.3. The fourth-order valence-corrected chi connectivity index (χ4v) is 1.12. The van der Waals surface area contributed by atoms with Gasteiger partial charge in [-0.25, -0.2) is 0 Å². The minimum atomic E-state index is 0.253. The number of aromatic nitrogens is 1. The summed E-state index contributed by atoms with van der Waals surface area (Å²) < 4.78 is 1.70. The van der Waals surface area contributed by atoms with Crippen molar-refractivity contribution in [3.8, 4) is 5.75 Å². The van der Waals surface area contributed by atoms with Crippen molar-refractivity contribution in [2.45, 2.75) is 0 Å². The number of nitrogens with zero attached hydrogens (tertiary/aromatic N) is 1. The highest BCUT2D eigenvalue weighted by Crippen LogP contribution is 2.10. The normalized spacial score (nSPS) is 9.85. The predicted molar refractivity (Wildman–Crippen MR) is 51.6 cm³/mol. The van der Waals surface area contributed by atoms with E-state index in [0.717, 1.165) is 5.69 Å². The molecule has 0 aliphatic carbocycles. The van der Waals surface area contributed by atoms with Gasteiger partial charge in [0.1, 0.15) is 5.75 Å². The third-order valence-electron chi connectivity index (χ3n) is 1.71. The van der Waals surface area contributed by atoms with Crippen LogP contribution in [0.2, 0.25) is 0 Å². The molecule has 1 heterocycles. The standard InChI is InChI=1S/C10H10N2O/c13-10-6-7-12(8-10)11-9-4-2-1-3-5-9/h1-8,11,13H. The molecule has 0 radical (unpaired) electrons. The summed E-state index contributed by atoms with van der Waals surface area (Å²) in [6, 6.07) is 11.4. The van der Waals surface area contributed by atoms with Crippen LogP contribution in [0.15, 0.2) is 48.8 Å². The number of hydrogen-bond donors (Lipinski definition) is 2. The number of anilines is 1. The summed E-state index contributed by atoms with van der Waals surface area (Å²) in [5.74, 6) is 0.253. The van der Waals surface area contributed by atoms with Gasteiger partial charge in [-0.3, -0.25) is 10.1 Å². The Morgan fingerprint density at radius 2 is 1.85 bits per heavy atom. The van der Waals surface area contributed by atoms with Crippen molar-refractivity contribution in [2.75, 3.05) is 5.43 Å². The maximum absolute atomic E-state index is 9.07. The molecule has 0 saturated carbocycles. The maximum atomic E-state index is 9.07. The van der Waals surface area contributed by atoms with Gasteiger partial charge in [-0.2, -0.15) is 0 Å². The van der Waals surface area contributed by atoms with E-state index in [4.69, 9.17) is 5.11 Å². The molecule has 3 nitrogen and oxygen atoms in total. The van der Waals surface area contributed by atoms with Crippen LogP contribution < -0.4 is 5.43 Å². The van der Waals surface area contributed by atoms with Crippen LogP contribution in [-0.2, 0) is 0 Å². The van der Waals surface area contributed by atoms with Crippen LogP contribution in [0.5, 0.6) is 5.75 Å². The zero-order valence-corrected chi connectivity index (χ0v) is 7.01. The number of benzene rings is 1. The largest absolute Gasteiger partial charge is 0.506 e. The maximum Gasteiger partial charge on any atom is 0.135 e. The van der Waals surface area contributed by atoms with E-state index in [1.54, 1.807) is 23.1 Å². The van der Waals surface area contributed by atoms with Crippen LogP contribution in [0.4, 0.5) is 5.69 Å². The second-order valence-corrected chi connectivity index (χ2v) is 2.75. The van der Waals surface area contributed by atoms with Gasteiger partial charge in [-0.05, 0) is 18.2 Å². The molecule has 0 saturated heterocycles. The molecule has 66 valence electrons. The summed E-state index contributed by atoms with van der Waals surface area (Å²) in [4.78, 5) is 0. The van der Waals surface area contributed by atoms with Gasteiger partial charge in [-0.1, -0.05) is 18.2 Å². The highest BCUT2D eigenvalue weighted by Gasteiger charge is 1.92. The molecule has 0 bridgehead atoms. The fraction of sp³-hybridized carbons (Fsp3) is 0. The Bertz CT molecular complexity index is 381. The van der Waals surface area contributed by atoms with Crippen molar-refractivity contribution in [1.29, 1.82) is 0 Å². The van der Waals surface area contributed by atoms with E-state index in [9.17, 15) is 0 Å². The van der Waals surface area contributed by atoms with Crippen LogP contribution in [0.3, 0.4) is 0 Å². The van der Waals surface area contributed by atoms with Gasteiger partial charge >= 0.3 is 0 Å². The van der Waals surface area contributed by atoms with Crippen LogP contribution in [0.25, 0.3) is 0 Å². The molecule has 13 heavy (non-hydrogen) atoms. The van der Waals surface area contributed by atoms with Gasteiger partial charge < -0.3 is 5.11 Å². The average Bonchev–Trinajstić information content (AvgIpc) is 2.53. The third-order valence-corrected chi connectivity index (χ3v) is 1.71. The van der Waals surface area contributed by atoms with E-state index in [1.807, 2.05) is 30.3 Å². The van der Waals surface area contributed by atoms with Crippen LogP contribution in [0, 0.1) is 0 Å². The van der Waals surface area contributed by atoms with E-state index in [2.05, 4.69) is 5.43 Å². The lowest BCUT2D eigenvalue weighted by molar-refractivity contribution is 0.475. The van der Waals surface area contributed by atoms with Crippen LogP contribution in [-0.4, -0.2) is 9.78 Å². The quantitative estimate of drug-likeness (QED) is 0.731. The summed E-state index contributed by atoms with van der Waals surface area (Å²) in [5.41, 5.74) is 4.07. The highest BCUT2D eigenvalue weighted by atomic mass is 16.3. The van der Waals surface area contributed by atoms with E-state index in [-0.39, 0.29) is 5.75 Å². The first-order valence-corrected chi connectivity index (χ1v) is 4.03. The van der Waals surface area contributed by atoms with Crippen molar-refractivity contribution in [1.82, 2.24) is 4.68 Å². The first-order valence-electron chi connectivity index (χ1n) is 4.03. The number of hydrogen-bond acceptors (Lipinski definition) is 2. The van der Waals surface area contributed by atoms with E-state index >= 15 is 0 Å². The second kappa shape index (κ2) is 3.23. The number of aromatic hydroxyl groups is 1. The molecule has 0 spiro atoms. The molecule has 2 aromatic rings. The Balaban J connectivity index is 2.15. The molecule has 0 unspecified atom stereocenters. The lowest BCUT2D eigenvalue weighted by Gasteiger charge is -2.05. The number of nitrogens with one attached hydrogen (secondary N) is 1. The van der Waals surface area contributed by atoms with E-state index < -0.39 is 0 Å². The molecule has 0 aliphatic heterocycles. The fourth-order valence-electron chi connectivity index (χ4n) is 1.12. The zero-order chi connectivity index (χ0) is 9.10. The van der Waals surface area contributed by atoms with Gasteiger partial charge in [-0.15, -0.1) is 0 Å². The molecule has 0 amide bonds. The molecule has 2 rings (SSSR count). The SMILES string of the molecule is Oc1ccn(Nc2ccccc2)c1. The Morgan fingerprint density at radius 3 is 2.46 bits per heavy atom.